The first-order valence-corrected chi connectivity index (χ1v) is 6.52. The molecule has 10 heavy (non-hydrogen) atoms. The van der Waals surface area contributed by atoms with Crippen molar-refractivity contribution < 1.29 is 9.05 Å². The summed E-state index contributed by atoms with van der Waals surface area (Å²) in [5.74, 6) is 1.17. The molecule has 2 fully saturated rings. The molecule has 0 atom stereocenters. The quantitative estimate of drug-likeness (QED) is 0.416. The molecule has 0 aromatic carbocycles. The number of hydrogen-bond donors (Lipinski definition) is 0. The standard InChI is InChI=1S/C6H11O2PS/c1-9(6-5-10-6)7-3-2-4-8-9/h2-5H2,1H3. The second-order valence-corrected chi connectivity index (χ2v) is 6.67. The van der Waals surface area contributed by atoms with Gasteiger partial charge in [0.15, 0.2) is 0 Å². The Kier molecular flexibility index (Phi) is 1.85. The van der Waals surface area contributed by atoms with E-state index in [1.807, 2.05) is 11.8 Å². The lowest BCUT2D eigenvalue weighted by molar-refractivity contribution is 0.181. The van der Waals surface area contributed by atoms with Crippen LogP contribution in [0.1, 0.15) is 6.42 Å². The summed E-state index contributed by atoms with van der Waals surface area (Å²) in [6.07, 6.45) is 1.06. The second-order valence-electron chi connectivity index (χ2n) is 2.55. The van der Waals surface area contributed by atoms with Crippen LogP contribution in [0.15, 0.2) is 0 Å². The molecular formula is C6H11O2PS. The number of thioether (sulfide) groups is 1. The van der Waals surface area contributed by atoms with E-state index in [0.717, 1.165) is 19.6 Å². The molecule has 2 aliphatic heterocycles. The molecule has 0 unspecified atom stereocenters. The summed E-state index contributed by atoms with van der Waals surface area (Å²) in [5, 5.41) is 0. The van der Waals surface area contributed by atoms with Gasteiger partial charge in [0.05, 0.1) is 13.2 Å². The van der Waals surface area contributed by atoms with Crippen molar-refractivity contribution in [3.05, 3.63) is 0 Å². The maximum absolute atomic E-state index is 5.62. The minimum absolute atomic E-state index is 0.897. The molecule has 0 radical (unpaired) electrons. The first kappa shape index (κ1) is 7.23. The molecule has 0 amide bonds. The van der Waals surface area contributed by atoms with Gasteiger partial charge in [-0.1, -0.05) is 0 Å². The van der Waals surface area contributed by atoms with E-state index in [9.17, 15) is 0 Å². The first-order chi connectivity index (χ1) is 4.81. The Morgan fingerprint density at radius 2 is 2.00 bits per heavy atom. The normalized spacial score (nSPS) is 30.3. The fraction of sp³-hybridized carbons (Fsp3) is 0.833. The van der Waals surface area contributed by atoms with Crippen LogP contribution in [-0.2, 0) is 9.05 Å². The van der Waals surface area contributed by atoms with Crippen molar-refractivity contribution in [2.75, 3.05) is 25.6 Å². The summed E-state index contributed by atoms with van der Waals surface area (Å²) in [4.78, 5) is 0. The van der Waals surface area contributed by atoms with Gasteiger partial charge in [-0.15, -0.1) is 11.8 Å². The molecule has 0 bridgehead atoms. The molecule has 58 valence electrons. The van der Waals surface area contributed by atoms with Gasteiger partial charge in [0.2, 0.25) is 0 Å². The lowest BCUT2D eigenvalue weighted by Crippen LogP contribution is -2.09. The Hall–Kier alpha value is 0.570. The van der Waals surface area contributed by atoms with Crippen molar-refractivity contribution in [2.24, 2.45) is 0 Å². The first-order valence-electron chi connectivity index (χ1n) is 3.46. The van der Waals surface area contributed by atoms with Crippen LogP contribution in [-0.4, -0.2) is 30.3 Å². The van der Waals surface area contributed by atoms with E-state index in [2.05, 4.69) is 6.66 Å². The third-order valence-electron chi connectivity index (χ3n) is 1.69. The van der Waals surface area contributed by atoms with Gasteiger partial charge in [-0.25, -0.2) is 0 Å². The van der Waals surface area contributed by atoms with E-state index in [0.29, 0.717) is 0 Å². The SMILES string of the molecule is CP1(=C2CS2)OCCCO1. The second kappa shape index (κ2) is 2.56. The summed E-state index contributed by atoms with van der Waals surface area (Å²) >= 11 is 1.89. The summed E-state index contributed by atoms with van der Waals surface area (Å²) in [6, 6.07) is 0. The van der Waals surface area contributed by atoms with E-state index in [-0.39, 0.29) is 0 Å². The molecule has 0 saturated carbocycles. The van der Waals surface area contributed by atoms with E-state index in [4.69, 9.17) is 9.05 Å². The molecule has 0 aliphatic carbocycles. The molecule has 2 heterocycles. The van der Waals surface area contributed by atoms with E-state index >= 15 is 0 Å². The van der Waals surface area contributed by atoms with Crippen molar-refractivity contribution in [2.45, 2.75) is 6.42 Å². The molecule has 0 aromatic rings. The molecule has 2 rings (SSSR count). The Balaban J connectivity index is 2.19. The van der Waals surface area contributed by atoms with Crippen LogP contribution >= 0.6 is 19.1 Å². The largest absolute Gasteiger partial charge is 0.337 e. The molecule has 2 nitrogen and oxygen atoms in total. The maximum atomic E-state index is 5.62. The van der Waals surface area contributed by atoms with Crippen LogP contribution < -0.4 is 0 Å². The smallest absolute Gasteiger partial charge is 0.131 e. The Morgan fingerprint density at radius 3 is 2.50 bits per heavy atom. The van der Waals surface area contributed by atoms with Crippen LogP contribution in [0, 0.1) is 0 Å². The van der Waals surface area contributed by atoms with Crippen LogP contribution in [0.5, 0.6) is 0 Å². The Bertz CT molecular complexity index is 186. The highest BCUT2D eigenvalue weighted by Crippen LogP contribution is 2.57. The van der Waals surface area contributed by atoms with Gasteiger partial charge in [0.1, 0.15) is 7.34 Å². The summed E-state index contributed by atoms with van der Waals surface area (Å²) in [7, 11) is -1.44. The van der Waals surface area contributed by atoms with E-state index in [1.165, 1.54) is 10.4 Å². The average molecular weight is 178 g/mol. The molecule has 0 N–H and O–H groups in total. The minimum Gasteiger partial charge on any atom is -0.337 e. The van der Waals surface area contributed by atoms with Crippen LogP contribution in [0.25, 0.3) is 0 Å². The van der Waals surface area contributed by atoms with Gasteiger partial charge in [-0.2, -0.15) is 0 Å². The maximum Gasteiger partial charge on any atom is 0.131 e. The van der Waals surface area contributed by atoms with Crippen LogP contribution in [0.2, 0.25) is 0 Å². The van der Waals surface area contributed by atoms with Crippen molar-refractivity contribution >= 4 is 23.7 Å². The van der Waals surface area contributed by atoms with E-state index < -0.39 is 7.34 Å². The monoisotopic (exact) mass is 178 g/mol. The zero-order valence-electron chi connectivity index (χ0n) is 6.00. The van der Waals surface area contributed by atoms with Gasteiger partial charge in [-0.05, 0) is 6.42 Å². The lowest BCUT2D eigenvalue weighted by Gasteiger charge is -2.25. The van der Waals surface area contributed by atoms with Gasteiger partial charge >= 0.3 is 0 Å². The van der Waals surface area contributed by atoms with E-state index in [1.54, 1.807) is 0 Å². The lowest BCUT2D eigenvalue weighted by atomic mass is 10.5. The van der Waals surface area contributed by atoms with Crippen molar-refractivity contribution in [3.63, 3.8) is 0 Å². The predicted octanol–water partition coefficient (Wildman–Crippen LogP) is 1.78. The zero-order chi connectivity index (χ0) is 7.03. The van der Waals surface area contributed by atoms with Crippen molar-refractivity contribution in [3.8, 4) is 0 Å². The van der Waals surface area contributed by atoms with Crippen LogP contribution in [0.4, 0.5) is 0 Å². The highest BCUT2D eigenvalue weighted by atomic mass is 32.2. The number of hydrogen-bond acceptors (Lipinski definition) is 3. The Labute approximate surface area is 65.4 Å². The average Bonchev–Trinajstić information content (AvgIpc) is 2.69. The van der Waals surface area contributed by atoms with Gasteiger partial charge < -0.3 is 9.05 Å². The van der Waals surface area contributed by atoms with Crippen molar-refractivity contribution in [1.82, 2.24) is 0 Å². The predicted molar refractivity (Wildman–Crippen MR) is 46.8 cm³/mol. The number of rotatable bonds is 0. The third kappa shape index (κ3) is 1.28. The summed E-state index contributed by atoms with van der Waals surface area (Å²) < 4.78 is 12.7. The summed E-state index contributed by atoms with van der Waals surface area (Å²) in [5.41, 5.74) is 0. The molecule has 0 spiro atoms. The highest BCUT2D eigenvalue weighted by molar-refractivity contribution is 8.31. The highest BCUT2D eigenvalue weighted by Gasteiger charge is 2.30. The molecular weight excluding hydrogens is 167 g/mol. The topological polar surface area (TPSA) is 18.5 Å². The van der Waals surface area contributed by atoms with Gasteiger partial charge in [-0.3, -0.25) is 0 Å². The molecule has 2 aliphatic rings. The fourth-order valence-electron chi connectivity index (χ4n) is 0.984. The van der Waals surface area contributed by atoms with Crippen molar-refractivity contribution in [1.29, 1.82) is 0 Å². The van der Waals surface area contributed by atoms with Crippen LogP contribution in [0.3, 0.4) is 0 Å². The Morgan fingerprint density at radius 1 is 1.40 bits per heavy atom. The molecule has 2 saturated heterocycles. The molecule has 4 heteroatoms. The third-order valence-corrected chi connectivity index (χ3v) is 6.26. The van der Waals surface area contributed by atoms with Gasteiger partial charge in [0, 0.05) is 17.0 Å². The fourth-order valence-corrected chi connectivity index (χ4v) is 4.75. The molecule has 0 aromatic heterocycles. The minimum atomic E-state index is -1.44. The van der Waals surface area contributed by atoms with Gasteiger partial charge in [0.25, 0.3) is 0 Å². The zero-order valence-corrected chi connectivity index (χ0v) is 7.71. The summed E-state index contributed by atoms with van der Waals surface area (Å²) in [6.45, 7) is 3.92.